The van der Waals surface area contributed by atoms with Crippen molar-refractivity contribution in [2.45, 2.75) is 50.6 Å². The third-order valence-corrected chi connectivity index (χ3v) is 6.78. The molecule has 12 heteroatoms. The maximum absolute atomic E-state index is 15.5. The number of aliphatic hydroxyl groups is 1. The summed E-state index contributed by atoms with van der Waals surface area (Å²) < 4.78 is 54.1. The molecule has 4 N–H and O–H groups in total. The zero-order valence-electron chi connectivity index (χ0n) is 19.9. The van der Waals surface area contributed by atoms with Crippen LogP contribution in [0.15, 0.2) is 30.6 Å². The van der Waals surface area contributed by atoms with Crippen molar-refractivity contribution in [3.05, 3.63) is 47.5 Å². The number of aromatic nitrogens is 2. The second-order valence-corrected chi connectivity index (χ2v) is 9.81. The van der Waals surface area contributed by atoms with Crippen LogP contribution < -0.4 is 16.0 Å². The minimum atomic E-state index is -4.42. The number of alkyl halides is 3. The SMILES string of the molecule is C[C@]1(O)CN(CC(N)=O)CC[C@H]1CNc1ncnc(N(Cc2ccc(C(F)(F)F)cc2)C2CC2)c1F. The fourth-order valence-electron chi connectivity index (χ4n) is 4.65. The zero-order chi connectivity index (χ0) is 26.1. The van der Waals surface area contributed by atoms with Gasteiger partial charge in [0, 0.05) is 31.6 Å². The molecule has 196 valence electrons. The number of halogens is 4. The molecule has 1 saturated heterocycles. The molecule has 1 saturated carbocycles. The lowest BCUT2D eigenvalue weighted by Gasteiger charge is -2.42. The number of likely N-dealkylation sites (tertiary alicyclic amines) is 1. The van der Waals surface area contributed by atoms with Gasteiger partial charge in [0.2, 0.25) is 11.7 Å². The molecule has 8 nitrogen and oxygen atoms in total. The van der Waals surface area contributed by atoms with Crippen LogP contribution in [0.2, 0.25) is 0 Å². The number of piperidine rings is 1. The first-order valence-corrected chi connectivity index (χ1v) is 11.8. The number of carbonyl (C=O) groups is 1. The van der Waals surface area contributed by atoms with Gasteiger partial charge in [-0.2, -0.15) is 17.6 Å². The molecule has 0 unspecified atom stereocenters. The number of anilines is 2. The van der Waals surface area contributed by atoms with E-state index in [1.54, 1.807) is 16.7 Å². The smallest absolute Gasteiger partial charge is 0.388 e. The molecule has 4 rings (SSSR count). The Bertz CT molecular complexity index is 1080. The van der Waals surface area contributed by atoms with E-state index in [1.165, 1.54) is 18.5 Å². The van der Waals surface area contributed by atoms with Crippen molar-refractivity contribution in [2.75, 3.05) is 36.4 Å². The lowest BCUT2D eigenvalue weighted by Crippen LogP contribution is -2.55. The molecule has 2 atom stereocenters. The van der Waals surface area contributed by atoms with Crippen LogP contribution in [-0.2, 0) is 17.5 Å². The van der Waals surface area contributed by atoms with Crippen molar-refractivity contribution in [1.82, 2.24) is 14.9 Å². The molecule has 1 aromatic heterocycles. The first-order valence-electron chi connectivity index (χ1n) is 11.8. The molecule has 2 aromatic rings. The summed E-state index contributed by atoms with van der Waals surface area (Å²) >= 11 is 0. The summed E-state index contributed by atoms with van der Waals surface area (Å²) in [5.74, 6) is -1.26. The fourth-order valence-corrected chi connectivity index (χ4v) is 4.65. The highest BCUT2D eigenvalue weighted by Crippen LogP contribution is 2.36. The van der Waals surface area contributed by atoms with Crippen molar-refractivity contribution in [3.8, 4) is 0 Å². The van der Waals surface area contributed by atoms with Gasteiger partial charge in [-0.25, -0.2) is 9.97 Å². The first kappa shape index (κ1) is 26.1. The molecule has 1 aliphatic carbocycles. The number of rotatable bonds is 9. The van der Waals surface area contributed by atoms with Gasteiger partial charge in [-0.05, 0) is 50.4 Å². The predicted molar refractivity (Wildman–Crippen MR) is 125 cm³/mol. The largest absolute Gasteiger partial charge is 0.416 e. The fraction of sp³-hybridized carbons (Fsp3) is 0.542. The number of amides is 1. The Kier molecular flexibility index (Phi) is 7.37. The number of hydrogen-bond acceptors (Lipinski definition) is 7. The van der Waals surface area contributed by atoms with Crippen molar-refractivity contribution < 1.29 is 27.5 Å². The van der Waals surface area contributed by atoms with E-state index >= 15 is 4.39 Å². The van der Waals surface area contributed by atoms with Gasteiger partial charge in [0.1, 0.15) is 6.33 Å². The number of nitrogens with two attached hydrogens (primary N) is 1. The van der Waals surface area contributed by atoms with Gasteiger partial charge in [0.05, 0.1) is 17.7 Å². The second-order valence-electron chi connectivity index (χ2n) is 9.81. The van der Waals surface area contributed by atoms with Crippen LogP contribution in [0.5, 0.6) is 0 Å². The van der Waals surface area contributed by atoms with Gasteiger partial charge in [0.15, 0.2) is 11.6 Å². The molecular weight excluding hydrogens is 480 g/mol. The molecule has 2 fully saturated rings. The summed E-state index contributed by atoms with van der Waals surface area (Å²) in [6.45, 7) is 3.05. The number of nitrogens with one attached hydrogen (secondary N) is 1. The van der Waals surface area contributed by atoms with Crippen LogP contribution in [0.4, 0.5) is 29.2 Å². The average Bonchev–Trinajstić information content (AvgIpc) is 3.62. The first-order chi connectivity index (χ1) is 16.9. The Morgan fingerprint density at radius 1 is 1.25 bits per heavy atom. The van der Waals surface area contributed by atoms with Crippen molar-refractivity contribution in [3.63, 3.8) is 0 Å². The molecule has 0 radical (unpaired) electrons. The maximum Gasteiger partial charge on any atom is 0.416 e. The standard InChI is InChI=1S/C24H30F4N6O2/c1-23(36)13-33(12-19(29)35)9-8-17(23)10-30-21-20(25)22(32-14-31-21)34(18-6-7-18)11-15-2-4-16(5-3-15)24(26,27)28/h2-5,14,17-18,36H,6-13H2,1H3,(H2,29,35)(H,30,31,32)/t17-,23-/m0/s1. The van der Waals surface area contributed by atoms with E-state index < -0.39 is 29.1 Å². The van der Waals surface area contributed by atoms with Crippen molar-refractivity contribution in [1.29, 1.82) is 0 Å². The van der Waals surface area contributed by atoms with Gasteiger partial charge < -0.3 is 21.1 Å². The highest BCUT2D eigenvalue weighted by atomic mass is 19.4. The summed E-state index contributed by atoms with van der Waals surface area (Å²) in [7, 11) is 0. The molecule has 1 amide bonds. The van der Waals surface area contributed by atoms with Crippen molar-refractivity contribution in [2.24, 2.45) is 11.7 Å². The Morgan fingerprint density at radius 2 is 1.94 bits per heavy atom. The highest BCUT2D eigenvalue weighted by molar-refractivity contribution is 5.75. The summed E-state index contributed by atoms with van der Waals surface area (Å²) in [6, 6.07) is 4.86. The van der Waals surface area contributed by atoms with E-state index in [1.807, 2.05) is 0 Å². The van der Waals surface area contributed by atoms with Gasteiger partial charge in [-0.3, -0.25) is 9.69 Å². The molecule has 1 aliphatic heterocycles. The van der Waals surface area contributed by atoms with E-state index in [9.17, 15) is 23.1 Å². The quantitative estimate of drug-likeness (QED) is 0.446. The Hall–Kier alpha value is -2.99. The van der Waals surface area contributed by atoms with Gasteiger partial charge >= 0.3 is 6.18 Å². The van der Waals surface area contributed by atoms with E-state index in [2.05, 4.69) is 15.3 Å². The lowest BCUT2D eigenvalue weighted by molar-refractivity contribution is -0.137. The number of primary amides is 1. The molecule has 2 aliphatic rings. The van der Waals surface area contributed by atoms with E-state index in [4.69, 9.17) is 5.73 Å². The molecule has 2 heterocycles. The topological polar surface area (TPSA) is 108 Å². The second kappa shape index (κ2) is 10.2. The summed E-state index contributed by atoms with van der Waals surface area (Å²) in [6.07, 6.45) is -0.929. The Balaban J connectivity index is 1.45. The third-order valence-electron chi connectivity index (χ3n) is 6.78. The van der Waals surface area contributed by atoms with Crippen LogP contribution in [0.3, 0.4) is 0 Å². The summed E-state index contributed by atoms with van der Waals surface area (Å²) in [5, 5.41) is 13.9. The summed E-state index contributed by atoms with van der Waals surface area (Å²) in [5.41, 5.74) is 4.02. The minimum Gasteiger partial charge on any atom is -0.388 e. The van der Waals surface area contributed by atoms with E-state index in [-0.39, 0.29) is 49.8 Å². The average molecular weight is 511 g/mol. The van der Waals surface area contributed by atoms with Crippen LogP contribution >= 0.6 is 0 Å². The molecule has 1 aromatic carbocycles. The van der Waals surface area contributed by atoms with Crippen LogP contribution in [-0.4, -0.2) is 63.7 Å². The van der Waals surface area contributed by atoms with Crippen LogP contribution in [0.1, 0.15) is 37.3 Å². The van der Waals surface area contributed by atoms with Gasteiger partial charge in [-0.1, -0.05) is 12.1 Å². The number of β-amino-alcohol motifs (C(OH)–C–C–N with tert-alkyl or cyclic N) is 1. The maximum atomic E-state index is 15.5. The third kappa shape index (κ3) is 6.22. The Labute approximate surface area is 206 Å². The van der Waals surface area contributed by atoms with Gasteiger partial charge in [-0.15, -0.1) is 0 Å². The lowest BCUT2D eigenvalue weighted by atomic mass is 9.82. The minimum absolute atomic E-state index is 0.00608. The molecule has 0 spiro atoms. The van der Waals surface area contributed by atoms with Crippen molar-refractivity contribution >= 4 is 17.5 Å². The molecule has 0 bridgehead atoms. The highest BCUT2D eigenvalue weighted by Gasteiger charge is 2.38. The van der Waals surface area contributed by atoms with E-state index in [0.29, 0.717) is 18.5 Å². The number of nitrogens with zero attached hydrogens (tertiary/aromatic N) is 4. The molecule has 36 heavy (non-hydrogen) atoms. The number of hydrogen-bond donors (Lipinski definition) is 3. The molecular formula is C24H30F4N6O2. The van der Waals surface area contributed by atoms with E-state index in [0.717, 1.165) is 25.0 Å². The predicted octanol–water partition coefficient (Wildman–Crippen LogP) is 2.77. The van der Waals surface area contributed by atoms with Crippen LogP contribution in [0, 0.1) is 11.7 Å². The van der Waals surface area contributed by atoms with Crippen LogP contribution in [0.25, 0.3) is 0 Å². The van der Waals surface area contributed by atoms with Gasteiger partial charge in [0.25, 0.3) is 0 Å². The zero-order valence-corrected chi connectivity index (χ0v) is 19.9. The number of benzene rings is 1. The number of carbonyl (C=O) groups excluding carboxylic acids is 1. The Morgan fingerprint density at radius 3 is 2.53 bits per heavy atom. The normalized spacial score (nSPS) is 22.9. The monoisotopic (exact) mass is 510 g/mol. The summed E-state index contributed by atoms with van der Waals surface area (Å²) in [4.78, 5) is 22.9.